The highest BCUT2D eigenvalue weighted by molar-refractivity contribution is 7.97. The molecule has 0 saturated carbocycles. The van der Waals surface area contributed by atoms with E-state index >= 15 is 0 Å². The zero-order valence-corrected chi connectivity index (χ0v) is 15.1. The van der Waals surface area contributed by atoms with Crippen LogP contribution < -0.4 is 4.72 Å². The van der Waals surface area contributed by atoms with Crippen molar-refractivity contribution < 1.29 is 19.2 Å². The standard InChI is InChI=1S/C15H21N3O5S/c1-15(2,3)23-14(20)17(4)9-11-7-6-10(13(19)16-24-5)8-12(11)18(21)22/h6-8H,9H2,1-5H3,(H,16,19). The second-order valence-corrected chi connectivity index (χ2v) is 6.68. The van der Waals surface area contributed by atoms with Crippen LogP contribution in [0.4, 0.5) is 10.5 Å². The first-order chi connectivity index (χ1) is 11.0. The molecule has 0 aliphatic rings. The van der Waals surface area contributed by atoms with Gasteiger partial charge in [0, 0.05) is 30.5 Å². The van der Waals surface area contributed by atoms with Crippen molar-refractivity contribution in [2.24, 2.45) is 0 Å². The molecule has 24 heavy (non-hydrogen) atoms. The SMILES string of the molecule is CSNC(=O)c1ccc(CN(C)C(=O)OC(C)(C)C)c([N+](=O)[O-])c1. The number of nitrogens with zero attached hydrogens (tertiary/aromatic N) is 2. The molecule has 1 aromatic carbocycles. The van der Waals surface area contributed by atoms with Crippen molar-refractivity contribution in [3.8, 4) is 0 Å². The topological polar surface area (TPSA) is 102 Å². The van der Waals surface area contributed by atoms with Crippen LogP contribution in [-0.4, -0.2) is 40.7 Å². The number of rotatable bonds is 5. The summed E-state index contributed by atoms with van der Waals surface area (Å²) in [5.41, 5.74) is -0.384. The quantitative estimate of drug-likeness (QED) is 0.495. The number of hydrogen-bond donors (Lipinski definition) is 1. The number of benzene rings is 1. The molecule has 0 saturated heterocycles. The number of carbonyl (C=O) groups is 2. The van der Waals surface area contributed by atoms with Crippen LogP contribution in [-0.2, 0) is 11.3 Å². The predicted molar refractivity (Wildman–Crippen MR) is 91.8 cm³/mol. The Morgan fingerprint density at radius 2 is 2.00 bits per heavy atom. The molecule has 2 amide bonds. The van der Waals surface area contributed by atoms with Gasteiger partial charge in [0.15, 0.2) is 0 Å². The lowest BCUT2D eigenvalue weighted by Gasteiger charge is -2.24. The summed E-state index contributed by atoms with van der Waals surface area (Å²) in [6.07, 6.45) is 1.09. The summed E-state index contributed by atoms with van der Waals surface area (Å²) >= 11 is 1.10. The second-order valence-electron chi connectivity index (χ2n) is 6.07. The number of ether oxygens (including phenoxy) is 1. The average Bonchev–Trinajstić information content (AvgIpc) is 2.45. The minimum Gasteiger partial charge on any atom is -0.444 e. The van der Waals surface area contributed by atoms with Crippen LogP contribution in [0.2, 0.25) is 0 Å². The van der Waals surface area contributed by atoms with Crippen LogP contribution in [0.1, 0.15) is 36.7 Å². The maximum atomic E-state index is 12.0. The monoisotopic (exact) mass is 355 g/mol. The summed E-state index contributed by atoms with van der Waals surface area (Å²) in [6.45, 7) is 5.21. The van der Waals surface area contributed by atoms with Crippen LogP contribution in [0.5, 0.6) is 0 Å². The van der Waals surface area contributed by atoms with Crippen molar-refractivity contribution >= 4 is 29.6 Å². The van der Waals surface area contributed by atoms with Gasteiger partial charge in [-0.2, -0.15) is 0 Å². The number of nitro groups is 1. The maximum absolute atomic E-state index is 12.0. The first kappa shape index (κ1) is 19.8. The van der Waals surface area contributed by atoms with Crippen LogP contribution in [0.25, 0.3) is 0 Å². The highest BCUT2D eigenvalue weighted by atomic mass is 32.2. The molecule has 0 aromatic heterocycles. The van der Waals surface area contributed by atoms with Crippen molar-refractivity contribution in [2.45, 2.75) is 32.9 Å². The van der Waals surface area contributed by atoms with Gasteiger partial charge in [-0.3, -0.25) is 19.6 Å². The molecular weight excluding hydrogens is 334 g/mol. The van der Waals surface area contributed by atoms with Gasteiger partial charge in [0.05, 0.1) is 11.5 Å². The highest BCUT2D eigenvalue weighted by Gasteiger charge is 2.23. The van der Waals surface area contributed by atoms with Crippen molar-refractivity contribution in [3.63, 3.8) is 0 Å². The molecule has 1 aromatic rings. The highest BCUT2D eigenvalue weighted by Crippen LogP contribution is 2.23. The summed E-state index contributed by atoms with van der Waals surface area (Å²) in [4.78, 5) is 35.7. The number of nitrogens with one attached hydrogen (secondary N) is 1. The van der Waals surface area contributed by atoms with E-state index in [4.69, 9.17) is 4.74 Å². The maximum Gasteiger partial charge on any atom is 0.410 e. The molecule has 0 aliphatic carbocycles. The molecule has 0 fully saturated rings. The fourth-order valence-electron chi connectivity index (χ4n) is 1.82. The Morgan fingerprint density at radius 1 is 1.38 bits per heavy atom. The molecule has 0 spiro atoms. The van der Waals surface area contributed by atoms with Crippen LogP contribution in [0, 0.1) is 10.1 Å². The summed E-state index contributed by atoms with van der Waals surface area (Å²) in [6, 6.07) is 4.15. The fraction of sp³-hybridized carbons (Fsp3) is 0.467. The summed E-state index contributed by atoms with van der Waals surface area (Å²) < 4.78 is 7.72. The van der Waals surface area contributed by atoms with E-state index < -0.39 is 22.5 Å². The lowest BCUT2D eigenvalue weighted by atomic mass is 10.1. The van der Waals surface area contributed by atoms with Gasteiger partial charge in [0.25, 0.3) is 11.6 Å². The Kier molecular flexibility index (Phi) is 6.59. The Labute approximate surface area is 144 Å². The van der Waals surface area contributed by atoms with Crippen molar-refractivity contribution in [2.75, 3.05) is 13.3 Å². The molecule has 0 bridgehead atoms. The van der Waals surface area contributed by atoms with Crippen LogP contribution >= 0.6 is 11.9 Å². The van der Waals surface area contributed by atoms with Gasteiger partial charge in [-0.25, -0.2) is 4.79 Å². The lowest BCUT2D eigenvalue weighted by Crippen LogP contribution is -2.34. The molecule has 1 rings (SSSR count). The molecule has 9 heteroatoms. The first-order valence-electron chi connectivity index (χ1n) is 7.10. The molecule has 0 atom stereocenters. The third-order valence-corrected chi connectivity index (χ3v) is 3.24. The Hall–Kier alpha value is -2.29. The number of nitro benzene ring substituents is 1. The Bertz CT molecular complexity index is 642. The predicted octanol–water partition coefficient (Wildman–Crippen LogP) is 2.97. The summed E-state index contributed by atoms with van der Waals surface area (Å²) in [7, 11) is 1.49. The number of hydrogen-bond acceptors (Lipinski definition) is 6. The third-order valence-electron chi connectivity index (χ3n) is 2.85. The molecule has 0 radical (unpaired) electrons. The molecule has 1 N–H and O–H groups in total. The lowest BCUT2D eigenvalue weighted by molar-refractivity contribution is -0.385. The van der Waals surface area contributed by atoms with E-state index in [1.54, 1.807) is 27.0 Å². The van der Waals surface area contributed by atoms with E-state index in [-0.39, 0.29) is 17.8 Å². The van der Waals surface area contributed by atoms with E-state index in [1.165, 1.54) is 30.1 Å². The molecular formula is C15H21N3O5S. The summed E-state index contributed by atoms with van der Waals surface area (Å²) in [5.74, 6) is -0.419. The normalized spacial score (nSPS) is 10.9. The van der Waals surface area contributed by atoms with Crippen molar-refractivity contribution in [3.05, 3.63) is 39.4 Å². The van der Waals surface area contributed by atoms with Gasteiger partial charge in [0.2, 0.25) is 0 Å². The third kappa shape index (κ3) is 5.73. The zero-order valence-electron chi connectivity index (χ0n) is 14.3. The Morgan fingerprint density at radius 3 is 2.50 bits per heavy atom. The van der Waals surface area contributed by atoms with Gasteiger partial charge < -0.3 is 9.64 Å². The Balaban J connectivity index is 3.01. The zero-order chi connectivity index (χ0) is 18.5. The van der Waals surface area contributed by atoms with E-state index in [0.717, 1.165) is 11.9 Å². The van der Waals surface area contributed by atoms with Crippen LogP contribution in [0.3, 0.4) is 0 Å². The van der Waals surface area contributed by atoms with Gasteiger partial charge in [-0.05, 0) is 32.9 Å². The first-order valence-corrected chi connectivity index (χ1v) is 8.32. The molecule has 132 valence electrons. The summed E-state index contributed by atoms with van der Waals surface area (Å²) in [5, 5.41) is 11.3. The fourth-order valence-corrected chi connectivity index (χ4v) is 2.12. The van der Waals surface area contributed by atoms with Gasteiger partial charge in [0.1, 0.15) is 5.60 Å². The van der Waals surface area contributed by atoms with E-state index in [2.05, 4.69) is 4.72 Å². The number of carbonyl (C=O) groups excluding carboxylic acids is 2. The minimum atomic E-state index is -0.656. The second kappa shape index (κ2) is 8.00. The molecule has 0 unspecified atom stereocenters. The molecule has 0 aliphatic heterocycles. The van der Waals surface area contributed by atoms with E-state index in [1.807, 2.05) is 0 Å². The van der Waals surface area contributed by atoms with E-state index in [9.17, 15) is 19.7 Å². The van der Waals surface area contributed by atoms with Crippen molar-refractivity contribution in [1.29, 1.82) is 0 Å². The molecule has 0 heterocycles. The van der Waals surface area contributed by atoms with Gasteiger partial charge in [-0.1, -0.05) is 11.9 Å². The van der Waals surface area contributed by atoms with Gasteiger partial charge in [-0.15, -0.1) is 0 Å². The van der Waals surface area contributed by atoms with E-state index in [0.29, 0.717) is 5.56 Å². The minimum absolute atomic E-state index is 0.00431. The molecule has 8 nitrogen and oxygen atoms in total. The number of amides is 2. The van der Waals surface area contributed by atoms with Gasteiger partial charge >= 0.3 is 6.09 Å². The van der Waals surface area contributed by atoms with Crippen molar-refractivity contribution in [1.82, 2.24) is 9.62 Å². The largest absolute Gasteiger partial charge is 0.444 e. The average molecular weight is 355 g/mol. The van der Waals surface area contributed by atoms with Crippen LogP contribution in [0.15, 0.2) is 18.2 Å². The smallest absolute Gasteiger partial charge is 0.410 e.